The standard InChI is InChI=1S/C20H14Cl2F3NO3/c21-10-7-12-15(27)9-20(29-18(12)13(22)8-10)3-5-26(6-4-20)19(28)11-1-2-14(23)17(25)16(11)24/h1-2,7-8H,3-6,9H2. The van der Waals surface area contributed by atoms with Gasteiger partial charge in [0.2, 0.25) is 0 Å². The average Bonchev–Trinajstić information content (AvgIpc) is 2.68. The number of carbonyl (C=O) groups is 2. The molecule has 0 aliphatic carbocycles. The molecule has 9 heteroatoms. The van der Waals surface area contributed by atoms with Crippen LogP contribution >= 0.6 is 23.2 Å². The minimum atomic E-state index is -1.68. The number of ketones is 1. The fraction of sp³-hybridized carbons (Fsp3) is 0.300. The van der Waals surface area contributed by atoms with Crippen LogP contribution in [0.4, 0.5) is 13.2 Å². The van der Waals surface area contributed by atoms with E-state index < -0.39 is 34.5 Å². The number of likely N-dealkylation sites (tertiary alicyclic amines) is 1. The predicted molar refractivity (Wildman–Crippen MR) is 100 cm³/mol. The molecule has 0 unspecified atom stereocenters. The lowest BCUT2D eigenvalue weighted by molar-refractivity contribution is -0.00576. The molecule has 2 aliphatic rings. The van der Waals surface area contributed by atoms with Crippen molar-refractivity contribution < 1.29 is 27.5 Å². The number of piperidine rings is 1. The molecule has 1 amide bonds. The third kappa shape index (κ3) is 3.46. The first-order valence-corrected chi connectivity index (χ1v) is 9.60. The number of carbonyl (C=O) groups excluding carboxylic acids is 2. The largest absolute Gasteiger partial charge is 0.484 e. The van der Waals surface area contributed by atoms with E-state index in [1.54, 1.807) is 0 Å². The number of benzene rings is 2. The number of nitrogens with zero attached hydrogens (tertiary/aromatic N) is 1. The van der Waals surface area contributed by atoms with E-state index in [4.69, 9.17) is 27.9 Å². The van der Waals surface area contributed by atoms with Crippen LogP contribution in [-0.4, -0.2) is 35.3 Å². The topological polar surface area (TPSA) is 46.6 Å². The summed E-state index contributed by atoms with van der Waals surface area (Å²) in [5, 5.41) is 0.554. The molecule has 0 radical (unpaired) electrons. The van der Waals surface area contributed by atoms with Gasteiger partial charge < -0.3 is 9.64 Å². The van der Waals surface area contributed by atoms with Gasteiger partial charge in [0.25, 0.3) is 5.91 Å². The number of halogens is 5. The maximum atomic E-state index is 14.0. The molecule has 2 aromatic carbocycles. The minimum absolute atomic E-state index is 0.0955. The minimum Gasteiger partial charge on any atom is -0.484 e. The first-order chi connectivity index (χ1) is 13.7. The molecule has 0 aromatic heterocycles. The van der Waals surface area contributed by atoms with Crippen LogP contribution in [0.25, 0.3) is 0 Å². The van der Waals surface area contributed by atoms with Crippen molar-refractivity contribution in [2.75, 3.05) is 13.1 Å². The Morgan fingerprint density at radius 1 is 1.07 bits per heavy atom. The highest BCUT2D eigenvalue weighted by Crippen LogP contribution is 2.44. The fourth-order valence-electron chi connectivity index (χ4n) is 3.77. The van der Waals surface area contributed by atoms with E-state index in [0.29, 0.717) is 29.5 Å². The second-order valence-electron chi connectivity index (χ2n) is 7.16. The average molecular weight is 444 g/mol. The van der Waals surface area contributed by atoms with Crippen LogP contribution in [0.15, 0.2) is 24.3 Å². The summed E-state index contributed by atoms with van der Waals surface area (Å²) in [5.41, 5.74) is -1.07. The van der Waals surface area contributed by atoms with Gasteiger partial charge in [-0.05, 0) is 24.3 Å². The van der Waals surface area contributed by atoms with Gasteiger partial charge in [-0.3, -0.25) is 9.59 Å². The van der Waals surface area contributed by atoms with E-state index >= 15 is 0 Å². The molecule has 1 fully saturated rings. The molecule has 1 spiro atoms. The highest BCUT2D eigenvalue weighted by Gasteiger charge is 2.44. The molecule has 0 N–H and O–H groups in total. The predicted octanol–water partition coefficient (Wildman–Crippen LogP) is 5.05. The summed E-state index contributed by atoms with van der Waals surface area (Å²) >= 11 is 12.1. The zero-order valence-corrected chi connectivity index (χ0v) is 16.4. The SMILES string of the molecule is O=C1CC2(CCN(C(=O)c3ccc(F)c(F)c3F)CC2)Oc2c(Cl)cc(Cl)cc21. The number of fused-ring (bicyclic) bond motifs is 1. The van der Waals surface area contributed by atoms with E-state index in [1.165, 1.54) is 17.0 Å². The third-order valence-corrected chi connectivity index (χ3v) is 5.84. The van der Waals surface area contributed by atoms with Gasteiger partial charge in [-0.25, -0.2) is 13.2 Å². The van der Waals surface area contributed by atoms with Gasteiger partial charge in [0.1, 0.15) is 11.4 Å². The molecule has 2 heterocycles. The van der Waals surface area contributed by atoms with Crippen molar-refractivity contribution in [3.05, 3.63) is 62.9 Å². The highest BCUT2D eigenvalue weighted by molar-refractivity contribution is 6.36. The Morgan fingerprint density at radius 2 is 1.76 bits per heavy atom. The Morgan fingerprint density at radius 3 is 2.45 bits per heavy atom. The number of hydrogen-bond acceptors (Lipinski definition) is 3. The molecule has 2 aromatic rings. The summed E-state index contributed by atoms with van der Waals surface area (Å²) in [4.78, 5) is 26.5. The molecule has 0 bridgehead atoms. The Kier molecular flexibility index (Phi) is 4.99. The molecular weight excluding hydrogens is 430 g/mol. The van der Waals surface area contributed by atoms with Crippen LogP contribution in [0.3, 0.4) is 0 Å². The molecule has 4 rings (SSSR count). The number of rotatable bonds is 1. The second-order valence-corrected chi connectivity index (χ2v) is 8.01. The summed E-state index contributed by atoms with van der Waals surface area (Å²) < 4.78 is 46.6. The first kappa shape index (κ1) is 20.0. The smallest absolute Gasteiger partial charge is 0.256 e. The fourth-order valence-corrected chi connectivity index (χ4v) is 4.30. The lowest BCUT2D eigenvalue weighted by Crippen LogP contribution is -2.52. The van der Waals surface area contributed by atoms with Gasteiger partial charge in [-0.2, -0.15) is 0 Å². The Bertz CT molecular complexity index is 1040. The van der Waals surface area contributed by atoms with Gasteiger partial charge in [0.15, 0.2) is 23.2 Å². The van der Waals surface area contributed by atoms with Crippen molar-refractivity contribution in [2.45, 2.75) is 24.9 Å². The third-order valence-electron chi connectivity index (χ3n) is 5.34. The second kappa shape index (κ2) is 7.22. The summed E-state index contributed by atoms with van der Waals surface area (Å²) in [5.74, 6) is -5.21. The lowest BCUT2D eigenvalue weighted by Gasteiger charge is -2.44. The van der Waals surface area contributed by atoms with E-state index in [2.05, 4.69) is 0 Å². The van der Waals surface area contributed by atoms with Crippen molar-refractivity contribution in [2.24, 2.45) is 0 Å². The van der Waals surface area contributed by atoms with Crippen molar-refractivity contribution in [3.63, 3.8) is 0 Å². The quantitative estimate of drug-likeness (QED) is 0.579. The Labute approximate surface area is 174 Å². The molecule has 29 heavy (non-hydrogen) atoms. The van der Waals surface area contributed by atoms with Crippen molar-refractivity contribution in [3.8, 4) is 5.75 Å². The van der Waals surface area contributed by atoms with Gasteiger partial charge >= 0.3 is 0 Å². The van der Waals surface area contributed by atoms with E-state index in [1.807, 2.05) is 0 Å². The monoisotopic (exact) mass is 443 g/mol. The molecule has 1 saturated heterocycles. The lowest BCUT2D eigenvalue weighted by atomic mass is 9.82. The van der Waals surface area contributed by atoms with Gasteiger partial charge in [-0.15, -0.1) is 0 Å². The normalized spacial score (nSPS) is 17.8. The van der Waals surface area contributed by atoms with Crippen LogP contribution in [0.1, 0.15) is 40.0 Å². The molecular formula is C20H14Cl2F3NO3. The number of ether oxygens (including phenoxy) is 1. The van der Waals surface area contributed by atoms with Crippen LogP contribution in [0, 0.1) is 17.5 Å². The van der Waals surface area contributed by atoms with Crippen LogP contribution in [0.5, 0.6) is 5.75 Å². The maximum absolute atomic E-state index is 14.0. The molecule has 4 nitrogen and oxygen atoms in total. The maximum Gasteiger partial charge on any atom is 0.256 e. The van der Waals surface area contributed by atoms with Crippen molar-refractivity contribution in [1.29, 1.82) is 0 Å². The van der Waals surface area contributed by atoms with E-state index in [9.17, 15) is 22.8 Å². The molecule has 152 valence electrons. The van der Waals surface area contributed by atoms with Crippen molar-refractivity contribution >= 4 is 34.9 Å². The highest BCUT2D eigenvalue weighted by atomic mass is 35.5. The number of amides is 1. The van der Waals surface area contributed by atoms with E-state index in [0.717, 1.165) is 6.07 Å². The number of Topliss-reactive ketones (excluding diaryl/α,β-unsaturated/α-hetero) is 1. The molecule has 2 aliphatic heterocycles. The van der Waals surface area contributed by atoms with Crippen LogP contribution in [-0.2, 0) is 0 Å². The Balaban J connectivity index is 1.53. The summed E-state index contributed by atoms with van der Waals surface area (Å²) in [6.07, 6.45) is 0.695. The van der Waals surface area contributed by atoms with Crippen molar-refractivity contribution in [1.82, 2.24) is 4.90 Å². The molecule has 0 saturated carbocycles. The summed E-state index contributed by atoms with van der Waals surface area (Å²) in [6, 6.07) is 4.62. The van der Waals surface area contributed by atoms with Crippen LogP contribution < -0.4 is 4.74 Å². The first-order valence-electron chi connectivity index (χ1n) is 8.85. The summed E-state index contributed by atoms with van der Waals surface area (Å²) in [7, 11) is 0. The van der Waals surface area contributed by atoms with Gasteiger partial charge in [0.05, 0.1) is 22.6 Å². The zero-order chi connectivity index (χ0) is 20.9. The van der Waals surface area contributed by atoms with E-state index in [-0.39, 0.29) is 36.1 Å². The van der Waals surface area contributed by atoms with Gasteiger partial charge in [-0.1, -0.05) is 23.2 Å². The Hall–Kier alpha value is -2.25. The summed E-state index contributed by atoms with van der Waals surface area (Å²) in [6.45, 7) is 0.316. The van der Waals surface area contributed by atoms with Gasteiger partial charge in [0, 0.05) is 31.0 Å². The molecule has 0 atom stereocenters. The number of hydrogen-bond donors (Lipinski definition) is 0. The van der Waals surface area contributed by atoms with Crippen LogP contribution in [0.2, 0.25) is 10.0 Å². The zero-order valence-electron chi connectivity index (χ0n) is 14.9.